The summed E-state index contributed by atoms with van der Waals surface area (Å²) in [6, 6.07) is 0.721. The van der Waals surface area contributed by atoms with Crippen LogP contribution in [0.25, 0.3) is 0 Å². The molecule has 3 heterocycles. The molecule has 124 valence electrons. The van der Waals surface area contributed by atoms with Crippen LogP contribution in [0.15, 0.2) is 0 Å². The van der Waals surface area contributed by atoms with Crippen molar-refractivity contribution in [2.45, 2.75) is 51.7 Å². The molecule has 0 bridgehead atoms. The molecule has 2 aliphatic heterocycles. The van der Waals surface area contributed by atoms with Crippen molar-refractivity contribution < 1.29 is 4.74 Å². The molecule has 7 heteroatoms. The highest BCUT2D eigenvalue weighted by molar-refractivity contribution is 4.89. The summed E-state index contributed by atoms with van der Waals surface area (Å²) in [5, 5.41) is 12.2. The highest BCUT2D eigenvalue weighted by Gasteiger charge is 2.27. The van der Waals surface area contributed by atoms with Crippen LogP contribution in [0.5, 0.6) is 0 Å². The van der Waals surface area contributed by atoms with E-state index in [1.54, 1.807) is 0 Å². The maximum absolute atomic E-state index is 5.45. The van der Waals surface area contributed by atoms with E-state index in [9.17, 15) is 0 Å². The lowest BCUT2D eigenvalue weighted by atomic mass is 10.0. The van der Waals surface area contributed by atoms with Gasteiger partial charge in [0.25, 0.3) is 0 Å². The van der Waals surface area contributed by atoms with E-state index < -0.39 is 0 Å². The quantitative estimate of drug-likeness (QED) is 0.820. The van der Waals surface area contributed by atoms with Crippen LogP contribution >= 0.6 is 0 Å². The van der Waals surface area contributed by atoms with Crippen molar-refractivity contribution in [3.63, 3.8) is 0 Å². The molecule has 0 N–H and O–H groups in total. The predicted molar refractivity (Wildman–Crippen MR) is 83.5 cm³/mol. The van der Waals surface area contributed by atoms with Crippen molar-refractivity contribution in [3.05, 3.63) is 5.82 Å². The van der Waals surface area contributed by atoms with Crippen LogP contribution in [0, 0.1) is 0 Å². The molecule has 0 spiro atoms. The van der Waals surface area contributed by atoms with Gasteiger partial charge < -0.3 is 4.74 Å². The number of aromatic nitrogens is 4. The van der Waals surface area contributed by atoms with Gasteiger partial charge >= 0.3 is 0 Å². The first-order chi connectivity index (χ1) is 10.5. The Balaban J connectivity index is 1.53. The second-order valence-corrected chi connectivity index (χ2v) is 7.33. The fraction of sp³-hybridized carbons (Fsp3) is 0.933. The fourth-order valence-corrected chi connectivity index (χ4v) is 3.41. The first kappa shape index (κ1) is 15.8. The number of hydrogen-bond acceptors (Lipinski definition) is 6. The van der Waals surface area contributed by atoms with Gasteiger partial charge in [-0.25, -0.2) is 4.68 Å². The van der Waals surface area contributed by atoms with Crippen LogP contribution in [-0.2, 0) is 16.8 Å². The van der Waals surface area contributed by atoms with E-state index >= 15 is 0 Å². The van der Waals surface area contributed by atoms with E-state index in [0.717, 1.165) is 57.8 Å². The number of tetrazole rings is 1. The highest BCUT2D eigenvalue weighted by Crippen LogP contribution is 2.20. The number of hydrogen-bond donors (Lipinski definition) is 0. The number of nitrogens with zero attached hydrogens (tertiary/aromatic N) is 6. The van der Waals surface area contributed by atoms with Gasteiger partial charge in [-0.3, -0.25) is 9.80 Å². The zero-order valence-corrected chi connectivity index (χ0v) is 14.0. The van der Waals surface area contributed by atoms with Crippen LogP contribution in [-0.4, -0.2) is 75.4 Å². The van der Waals surface area contributed by atoms with Crippen LogP contribution in [0.2, 0.25) is 0 Å². The average molecular weight is 308 g/mol. The number of rotatable bonds is 3. The van der Waals surface area contributed by atoms with Gasteiger partial charge in [-0.15, -0.1) is 5.10 Å². The molecule has 0 amide bonds. The lowest BCUT2D eigenvalue weighted by molar-refractivity contribution is -0.000162. The Hall–Kier alpha value is -1.05. The van der Waals surface area contributed by atoms with Gasteiger partial charge in [-0.05, 0) is 44.0 Å². The van der Waals surface area contributed by atoms with Gasteiger partial charge in [0.15, 0.2) is 5.82 Å². The third-order valence-corrected chi connectivity index (χ3v) is 4.65. The summed E-state index contributed by atoms with van der Waals surface area (Å²) in [5.74, 6) is 0.970. The molecule has 0 saturated carbocycles. The Morgan fingerprint density at radius 3 is 2.41 bits per heavy atom. The Morgan fingerprint density at radius 2 is 1.77 bits per heavy atom. The molecule has 22 heavy (non-hydrogen) atoms. The van der Waals surface area contributed by atoms with Gasteiger partial charge in [0, 0.05) is 32.2 Å². The smallest absolute Gasteiger partial charge is 0.165 e. The maximum atomic E-state index is 5.45. The Labute approximate surface area is 132 Å². The zero-order valence-electron chi connectivity index (χ0n) is 14.0. The van der Waals surface area contributed by atoms with E-state index in [1.807, 2.05) is 4.68 Å². The Morgan fingerprint density at radius 1 is 1.09 bits per heavy atom. The second kappa shape index (κ2) is 6.60. The monoisotopic (exact) mass is 308 g/mol. The van der Waals surface area contributed by atoms with Crippen LogP contribution in [0.1, 0.15) is 39.4 Å². The molecule has 2 fully saturated rings. The van der Waals surface area contributed by atoms with Crippen LogP contribution in [0.4, 0.5) is 0 Å². The summed E-state index contributed by atoms with van der Waals surface area (Å²) in [6.07, 6.45) is 2.47. The zero-order chi connectivity index (χ0) is 15.6. The minimum atomic E-state index is -0.0645. The lowest BCUT2D eigenvalue weighted by Gasteiger charge is -2.40. The molecular weight excluding hydrogens is 280 g/mol. The number of ether oxygens (including phenoxy) is 1. The fourth-order valence-electron chi connectivity index (χ4n) is 3.41. The van der Waals surface area contributed by atoms with Gasteiger partial charge in [0.1, 0.15) is 0 Å². The van der Waals surface area contributed by atoms with E-state index in [1.165, 1.54) is 12.8 Å². The molecule has 3 rings (SSSR count). The van der Waals surface area contributed by atoms with Gasteiger partial charge in [0.2, 0.25) is 0 Å². The van der Waals surface area contributed by atoms with Crippen molar-refractivity contribution in [1.29, 1.82) is 0 Å². The SMILES string of the molecule is CC(C)(C)n1nnnc1CN1CCC(N2CCOCC2)CC1. The Bertz CT molecular complexity index is 469. The number of morpholine rings is 1. The van der Waals surface area contributed by atoms with E-state index in [4.69, 9.17) is 4.74 Å². The maximum Gasteiger partial charge on any atom is 0.165 e. The minimum absolute atomic E-state index is 0.0645. The topological polar surface area (TPSA) is 59.3 Å². The van der Waals surface area contributed by atoms with E-state index in [2.05, 4.69) is 46.1 Å². The molecule has 2 aliphatic rings. The molecule has 1 aromatic heterocycles. The van der Waals surface area contributed by atoms with Crippen molar-refractivity contribution in [1.82, 2.24) is 30.0 Å². The molecule has 0 unspecified atom stereocenters. The van der Waals surface area contributed by atoms with Crippen LogP contribution < -0.4 is 0 Å². The first-order valence-electron chi connectivity index (χ1n) is 8.36. The largest absolute Gasteiger partial charge is 0.379 e. The first-order valence-corrected chi connectivity index (χ1v) is 8.36. The molecule has 2 saturated heterocycles. The van der Waals surface area contributed by atoms with Gasteiger partial charge in [-0.2, -0.15) is 0 Å². The summed E-state index contributed by atoms with van der Waals surface area (Å²) in [4.78, 5) is 5.07. The molecule has 0 atom stereocenters. The van der Waals surface area contributed by atoms with Crippen molar-refractivity contribution in [2.24, 2.45) is 0 Å². The third-order valence-electron chi connectivity index (χ3n) is 4.65. The van der Waals surface area contributed by atoms with Gasteiger partial charge in [0.05, 0.1) is 25.3 Å². The van der Waals surface area contributed by atoms with Crippen LogP contribution in [0.3, 0.4) is 0 Å². The molecule has 0 radical (unpaired) electrons. The van der Waals surface area contributed by atoms with Crippen molar-refractivity contribution in [3.8, 4) is 0 Å². The van der Waals surface area contributed by atoms with E-state index in [-0.39, 0.29) is 5.54 Å². The Kier molecular flexibility index (Phi) is 4.75. The molecule has 7 nitrogen and oxygen atoms in total. The number of likely N-dealkylation sites (tertiary alicyclic amines) is 1. The second-order valence-electron chi connectivity index (χ2n) is 7.33. The highest BCUT2D eigenvalue weighted by atomic mass is 16.5. The summed E-state index contributed by atoms with van der Waals surface area (Å²) in [5.41, 5.74) is -0.0645. The molecular formula is C15H28N6O. The average Bonchev–Trinajstić information content (AvgIpc) is 2.97. The summed E-state index contributed by atoms with van der Waals surface area (Å²) < 4.78 is 7.40. The molecule has 1 aromatic rings. The standard InChI is InChI=1S/C15H28N6O/c1-15(2,3)21-14(16-17-18-21)12-19-6-4-13(5-7-19)20-8-10-22-11-9-20/h13H,4-12H2,1-3H3. The molecule has 0 aliphatic carbocycles. The van der Waals surface area contributed by atoms with Gasteiger partial charge in [-0.1, -0.05) is 0 Å². The molecule has 0 aromatic carbocycles. The third kappa shape index (κ3) is 3.64. The lowest BCUT2D eigenvalue weighted by Crippen LogP contribution is -2.49. The number of piperidine rings is 1. The normalized spacial score (nSPS) is 23.0. The summed E-state index contributed by atoms with van der Waals surface area (Å²) >= 11 is 0. The van der Waals surface area contributed by atoms with Crippen molar-refractivity contribution >= 4 is 0 Å². The van der Waals surface area contributed by atoms with Crippen molar-refractivity contribution in [2.75, 3.05) is 39.4 Å². The van der Waals surface area contributed by atoms with E-state index in [0.29, 0.717) is 0 Å². The predicted octanol–water partition coefficient (Wildman–Crippen LogP) is 0.725. The minimum Gasteiger partial charge on any atom is -0.379 e. The summed E-state index contributed by atoms with van der Waals surface area (Å²) in [7, 11) is 0. The summed E-state index contributed by atoms with van der Waals surface area (Å²) in [6.45, 7) is 13.5.